The molecule has 0 aromatic carbocycles. The van der Waals surface area contributed by atoms with E-state index in [1.54, 1.807) is 42.5 Å². The Morgan fingerprint density at radius 3 is 2.45 bits per heavy atom. The summed E-state index contributed by atoms with van der Waals surface area (Å²) in [6.45, 7) is 22.7. The van der Waals surface area contributed by atoms with Crippen LogP contribution >= 0.6 is 0 Å². The van der Waals surface area contributed by atoms with Gasteiger partial charge in [-0.2, -0.15) is 5.26 Å². The lowest BCUT2D eigenvalue weighted by Gasteiger charge is -2.20. The zero-order chi connectivity index (χ0) is 33.2. The highest BCUT2D eigenvalue weighted by Crippen LogP contribution is 2.05. The third-order valence-corrected chi connectivity index (χ3v) is 4.99. The summed E-state index contributed by atoms with van der Waals surface area (Å²) in [5.74, 6) is 0.867. The molecule has 0 amide bonds. The van der Waals surface area contributed by atoms with Crippen molar-refractivity contribution in [1.29, 1.82) is 10.7 Å². The summed E-state index contributed by atoms with van der Waals surface area (Å²) < 4.78 is 13.1. The second-order valence-electron chi connectivity index (χ2n) is 7.86. The zero-order valence-electron chi connectivity index (χ0n) is 27.2. The van der Waals surface area contributed by atoms with Crippen molar-refractivity contribution in [1.82, 2.24) is 10.2 Å². The number of hydrogen-bond donors (Lipinski definition) is 3. The monoisotopic (exact) mass is 586 g/mol. The van der Waals surface area contributed by atoms with Crippen LogP contribution in [-0.4, -0.2) is 74.3 Å². The molecule has 0 fully saturated rings. The van der Waals surface area contributed by atoms with Crippen LogP contribution in [0.2, 0.25) is 0 Å². The fourth-order valence-electron chi connectivity index (χ4n) is 2.78. The van der Waals surface area contributed by atoms with E-state index in [-0.39, 0.29) is 11.9 Å². The highest BCUT2D eigenvalue weighted by molar-refractivity contribution is 5.99. The average molecular weight is 587 g/mol. The number of carbonyl (C=O) groups is 1. The van der Waals surface area contributed by atoms with E-state index in [4.69, 9.17) is 15.8 Å². The molecule has 0 bridgehead atoms. The minimum atomic E-state index is -0.606. The molecular formula is C33H55FN6O2. The van der Waals surface area contributed by atoms with Gasteiger partial charge in [-0.15, -0.1) is 0 Å². The summed E-state index contributed by atoms with van der Waals surface area (Å²) in [5, 5.41) is 26.6. The summed E-state index contributed by atoms with van der Waals surface area (Å²) in [5.41, 5.74) is 2.00. The number of halogens is 1. The molecule has 0 radical (unpaired) electrons. The van der Waals surface area contributed by atoms with Gasteiger partial charge in [0.2, 0.25) is 5.96 Å². The van der Waals surface area contributed by atoms with E-state index in [0.29, 0.717) is 30.1 Å². The van der Waals surface area contributed by atoms with E-state index < -0.39 is 6.67 Å². The van der Waals surface area contributed by atoms with Gasteiger partial charge < -0.3 is 20.1 Å². The molecule has 1 rings (SSSR count). The van der Waals surface area contributed by atoms with Gasteiger partial charge in [0.1, 0.15) is 18.8 Å². The number of amidine groups is 1. The number of nitriles is 1. The molecule has 1 aliphatic rings. The molecular weight excluding hydrogens is 531 g/mol. The Balaban J connectivity index is -0.000000297. The Hall–Kier alpha value is -3.90. The molecule has 1 unspecified atom stereocenters. The lowest BCUT2D eigenvalue weighted by atomic mass is 10.1. The van der Waals surface area contributed by atoms with E-state index in [1.165, 1.54) is 6.21 Å². The van der Waals surface area contributed by atoms with Crippen LogP contribution in [0.15, 0.2) is 82.4 Å². The lowest BCUT2D eigenvalue weighted by Crippen LogP contribution is -2.30. The number of nitrogens with one attached hydrogen (secondary N) is 2. The zero-order valence-corrected chi connectivity index (χ0v) is 27.2. The normalized spacial score (nSPS) is 15.2. The molecule has 236 valence electrons. The number of aliphatic imine (C=N–C) groups is 2. The van der Waals surface area contributed by atoms with Crippen LogP contribution in [0.4, 0.5) is 4.39 Å². The number of alkyl halides is 1. The van der Waals surface area contributed by atoms with Crippen LogP contribution in [-0.2, 0) is 4.79 Å². The number of aliphatic hydroxyl groups is 1. The molecule has 0 spiro atoms. The third-order valence-electron chi connectivity index (χ3n) is 4.99. The van der Waals surface area contributed by atoms with Crippen LogP contribution < -0.4 is 5.32 Å². The summed E-state index contributed by atoms with van der Waals surface area (Å²) >= 11 is 0. The van der Waals surface area contributed by atoms with Crippen LogP contribution in [0, 0.1) is 22.7 Å². The number of nitrogens with zero attached hydrogens (tertiary/aromatic N) is 4. The first kappa shape index (κ1) is 45.1. The SMILES string of the molecule is C=C/C(C)=C\C=C(/CF)C1=NC/C=C\C(C#N)=C/CN1.C=C/C=N\C(=N)N(CC)CCCC(C)C=O.CC.CC.CO. The Morgan fingerprint density at radius 2 is 1.95 bits per heavy atom. The summed E-state index contributed by atoms with van der Waals surface area (Å²) in [7, 11) is 1.00. The van der Waals surface area contributed by atoms with Crippen LogP contribution in [0.25, 0.3) is 0 Å². The second-order valence-corrected chi connectivity index (χ2v) is 7.86. The molecule has 3 N–H and O–H groups in total. The molecule has 42 heavy (non-hydrogen) atoms. The Morgan fingerprint density at radius 1 is 1.31 bits per heavy atom. The first-order valence-electron chi connectivity index (χ1n) is 14.4. The van der Waals surface area contributed by atoms with Gasteiger partial charge in [-0.3, -0.25) is 10.4 Å². The second kappa shape index (κ2) is 35.1. The first-order chi connectivity index (χ1) is 20.4. The number of guanidine groups is 1. The molecule has 9 heteroatoms. The average Bonchev–Trinajstić information content (AvgIpc) is 3.17. The fraction of sp³-hybridized carbons (Fsp3) is 0.485. The standard InChI is InChI=1S/C16H18FN3.C12H21N3O.2C2H6.CH4O/c1-3-13(2)6-7-15(11-17)16-19-9-4-5-14(12-18)8-10-20-16;1-4-8-14-12(13)15(5-2)9-6-7-11(3)10-16;3*1-2/h3-8H,1,9-11H2,2H3,(H,19,20);4,8,10-11,13H,1,5-7,9H2,2-3H3;2*1-2H3;2H,1H3/b5-4-,13-6-,14-8+,15-7+;13-12?,14-8-;;;. The van der Waals surface area contributed by atoms with Crippen molar-refractivity contribution in [3.8, 4) is 6.07 Å². The van der Waals surface area contributed by atoms with Gasteiger partial charge in [0.05, 0.1) is 12.6 Å². The molecule has 0 aliphatic carbocycles. The van der Waals surface area contributed by atoms with Gasteiger partial charge in [-0.25, -0.2) is 9.38 Å². The van der Waals surface area contributed by atoms with E-state index >= 15 is 0 Å². The van der Waals surface area contributed by atoms with Crippen molar-refractivity contribution in [3.63, 3.8) is 0 Å². The lowest BCUT2D eigenvalue weighted by molar-refractivity contribution is -0.110. The number of allylic oxidation sites excluding steroid dienone is 7. The maximum atomic E-state index is 13.1. The summed E-state index contributed by atoms with van der Waals surface area (Å²) in [6.07, 6.45) is 16.2. The predicted octanol–water partition coefficient (Wildman–Crippen LogP) is 6.80. The molecule has 8 nitrogen and oxygen atoms in total. The largest absolute Gasteiger partial charge is 0.400 e. The number of hydrogen-bond acceptors (Lipinski definition) is 6. The summed E-state index contributed by atoms with van der Waals surface area (Å²) in [4.78, 5) is 20.5. The quantitative estimate of drug-likeness (QED) is 0.106. The highest BCUT2D eigenvalue weighted by Gasteiger charge is 2.07. The van der Waals surface area contributed by atoms with Crippen molar-refractivity contribution < 1.29 is 14.3 Å². The molecule has 0 aromatic rings. The molecule has 1 heterocycles. The number of aldehydes is 1. The van der Waals surface area contributed by atoms with Gasteiger partial charge in [-0.1, -0.05) is 83.7 Å². The minimum absolute atomic E-state index is 0.101. The molecule has 0 saturated carbocycles. The highest BCUT2D eigenvalue weighted by atomic mass is 19.1. The third kappa shape index (κ3) is 25.1. The van der Waals surface area contributed by atoms with Crippen molar-refractivity contribution in [2.24, 2.45) is 15.9 Å². The van der Waals surface area contributed by atoms with Gasteiger partial charge >= 0.3 is 0 Å². The van der Waals surface area contributed by atoms with Gasteiger partial charge in [0.25, 0.3) is 0 Å². The fourth-order valence-corrected chi connectivity index (χ4v) is 2.78. The maximum absolute atomic E-state index is 13.1. The topological polar surface area (TPSA) is 125 Å². The predicted molar refractivity (Wildman–Crippen MR) is 180 cm³/mol. The number of rotatable bonds is 11. The van der Waals surface area contributed by atoms with Crippen LogP contribution in [0.5, 0.6) is 0 Å². The van der Waals surface area contributed by atoms with Crippen molar-refractivity contribution in [2.45, 2.75) is 61.3 Å². The molecule has 1 atom stereocenters. The van der Waals surface area contributed by atoms with Crippen LogP contribution in [0.3, 0.4) is 0 Å². The first-order valence-corrected chi connectivity index (χ1v) is 14.4. The van der Waals surface area contributed by atoms with E-state index in [9.17, 15) is 9.18 Å². The molecule has 0 saturated heterocycles. The Bertz CT molecular complexity index is 956. The van der Waals surface area contributed by atoms with E-state index in [1.807, 2.05) is 53.4 Å². The number of carbonyl (C=O) groups excluding carboxylic acids is 1. The number of aliphatic hydroxyl groups excluding tert-OH is 1. The molecule has 0 aromatic heterocycles. The summed E-state index contributed by atoms with van der Waals surface area (Å²) in [6, 6.07) is 2.08. The van der Waals surface area contributed by atoms with Gasteiger partial charge in [0.15, 0.2) is 0 Å². The molecule has 1 aliphatic heterocycles. The Kier molecular flexibility index (Phi) is 37.7. The van der Waals surface area contributed by atoms with Crippen molar-refractivity contribution >= 4 is 24.3 Å². The van der Waals surface area contributed by atoms with Crippen LogP contribution in [0.1, 0.15) is 61.3 Å². The van der Waals surface area contributed by atoms with Gasteiger partial charge in [-0.05, 0) is 38.8 Å². The van der Waals surface area contributed by atoms with E-state index in [0.717, 1.165) is 44.9 Å². The Labute approximate surface area is 255 Å². The minimum Gasteiger partial charge on any atom is -0.400 e. The smallest absolute Gasteiger partial charge is 0.217 e. The van der Waals surface area contributed by atoms with Gasteiger partial charge in [0, 0.05) is 50.0 Å². The maximum Gasteiger partial charge on any atom is 0.217 e. The van der Waals surface area contributed by atoms with Crippen molar-refractivity contribution in [2.75, 3.05) is 40.0 Å². The van der Waals surface area contributed by atoms with Crippen molar-refractivity contribution in [3.05, 3.63) is 72.4 Å². The van der Waals surface area contributed by atoms with E-state index in [2.05, 4.69) is 34.5 Å².